The van der Waals surface area contributed by atoms with Crippen molar-refractivity contribution >= 4 is 0 Å². The number of nitrogens with zero attached hydrogens (tertiary/aromatic N) is 4. The summed E-state index contributed by atoms with van der Waals surface area (Å²) in [6.07, 6.45) is 2.81. The number of nitrogens with one attached hydrogen (secondary N) is 1. The molecule has 22 heavy (non-hydrogen) atoms. The van der Waals surface area contributed by atoms with Crippen molar-refractivity contribution in [2.24, 2.45) is 0 Å². The van der Waals surface area contributed by atoms with Crippen molar-refractivity contribution in [3.63, 3.8) is 0 Å². The molecule has 118 valence electrons. The monoisotopic (exact) mass is 303 g/mol. The highest BCUT2D eigenvalue weighted by Gasteiger charge is 2.36. The molecule has 7 heteroatoms. The van der Waals surface area contributed by atoms with Crippen LogP contribution in [0, 0.1) is 6.92 Å². The van der Waals surface area contributed by atoms with Gasteiger partial charge in [0.15, 0.2) is 5.82 Å². The molecule has 0 radical (unpaired) electrons. The summed E-state index contributed by atoms with van der Waals surface area (Å²) in [6, 6.07) is 4.10. The van der Waals surface area contributed by atoms with Crippen molar-refractivity contribution in [3.8, 4) is 5.88 Å². The van der Waals surface area contributed by atoms with Crippen molar-refractivity contribution in [2.75, 3.05) is 20.8 Å². The first-order valence-electron chi connectivity index (χ1n) is 7.35. The number of aromatic amines is 1. The Hall–Kier alpha value is -1.99. The maximum atomic E-state index is 5.54. The van der Waals surface area contributed by atoms with Crippen LogP contribution in [0.5, 0.6) is 5.88 Å². The number of aromatic nitrogens is 4. The third kappa shape index (κ3) is 2.95. The molecule has 0 unspecified atom stereocenters. The predicted molar refractivity (Wildman–Crippen MR) is 80.5 cm³/mol. The Morgan fingerprint density at radius 1 is 1.41 bits per heavy atom. The Balaban J connectivity index is 1.83. The first-order valence-corrected chi connectivity index (χ1v) is 7.35. The number of aryl methyl sites for hydroxylation is 1. The van der Waals surface area contributed by atoms with Gasteiger partial charge in [0.1, 0.15) is 5.82 Å². The van der Waals surface area contributed by atoms with E-state index in [1.54, 1.807) is 20.4 Å². The SMILES string of the molecule is COc1ncccc1CN1C[C@H](OC)C[C@H]1c1n[nH]c(C)n1. The van der Waals surface area contributed by atoms with Crippen LogP contribution in [0.15, 0.2) is 18.3 Å². The molecule has 0 saturated carbocycles. The minimum Gasteiger partial charge on any atom is -0.481 e. The van der Waals surface area contributed by atoms with Crippen LogP contribution in [0.2, 0.25) is 0 Å². The summed E-state index contributed by atoms with van der Waals surface area (Å²) in [5, 5.41) is 7.24. The molecule has 1 aliphatic heterocycles. The quantitative estimate of drug-likeness (QED) is 0.901. The van der Waals surface area contributed by atoms with Crippen LogP contribution < -0.4 is 4.74 Å². The normalized spacial score (nSPS) is 22.1. The van der Waals surface area contributed by atoms with Crippen molar-refractivity contribution < 1.29 is 9.47 Å². The van der Waals surface area contributed by atoms with Crippen molar-refractivity contribution in [1.29, 1.82) is 0 Å². The zero-order valence-corrected chi connectivity index (χ0v) is 13.1. The highest BCUT2D eigenvalue weighted by Crippen LogP contribution is 2.33. The summed E-state index contributed by atoms with van der Waals surface area (Å²) in [7, 11) is 3.39. The first kappa shape index (κ1) is 14.9. The van der Waals surface area contributed by atoms with Crippen LogP contribution in [-0.4, -0.2) is 51.9 Å². The lowest BCUT2D eigenvalue weighted by atomic mass is 10.1. The summed E-state index contributed by atoms with van der Waals surface area (Å²) in [5.74, 6) is 2.31. The molecular formula is C15H21N5O2. The molecule has 0 bridgehead atoms. The molecule has 1 fully saturated rings. The van der Waals surface area contributed by atoms with Gasteiger partial charge in [-0.05, 0) is 19.4 Å². The Morgan fingerprint density at radius 2 is 2.27 bits per heavy atom. The maximum absolute atomic E-state index is 5.54. The van der Waals surface area contributed by atoms with E-state index in [0.717, 1.165) is 36.7 Å². The number of likely N-dealkylation sites (tertiary alicyclic amines) is 1. The molecule has 1 aliphatic rings. The van der Waals surface area contributed by atoms with Gasteiger partial charge in [0.2, 0.25) is 5.88 Å². The van der Waals surface area contributed by atoms with E-state index in [1.807, 2.05) is 19.1 Å². The lowest BCUT2D eigenvalue weighted by molar-refractivity contribution is 0.107. The van der Waals surface area contributed by atoms with Gasteiger partial charge in [0.05, 0.1) is 19.3 Å². The molecule has 3 rings (SSSR count). The second kappa shape index (κ2) is 6.41. The molecule has 0 spiro atoms. The van der Waals surface area contributed by atoms with Gasteiger partial charge >= 0.3 is 0 Å². The second-order valence-corrected chi connectivity index (χ2v) is 5.49. The van der Waals surface area contributed by atoms with Crippen LogP contribution in [0.1, 0.15) is 29.7 Å². The molecule has 1 N–H and O–H groups in total. The summed E-state index contributed by atoms with van der Waals surface area (Å²) < 4.78 is 10.9. The Morgan fingerprint density at radius 3 is 2.95 bits per heavy atom. The number of rotatable bonds is 5. The molecule has 2 atom stereocenters. The average Bonchev–Trinajstić information content (AvgIpc) is 3.14. The fourth-order valence-electron chi connectivity index (χ4n) is 2.93. The van der Waals surface area contributed by atoms with Gasteiger partial charge in [-0.25, -0.2) is 9.97 Å². The molecule has 2 aromatic rings. The van der Waals surface area contributed by atoms with Gasteiger partial charge in [-0.3, -0.25) is 10.00 Å². The van der Waals surface area contributed by atoms with E-state index < -0.39 is 0 Å². The number of ether oxygens (including phenoxy) is 2. The van der Waals surface area contributed by atoms with E-state index in [-0.39, 0.29) is 12.1 Å². The summed E-state index contributed by atoms with van der Waals surface area (Å²) >= 11 is 0. The Bertz CT molecular complexity index is 630. The Labute approximate surface area is 129 Å². The van der Waals surface area contributed by atoms with Gasteiger partial charge in [-0.15, -0.1) is 0 Å². The molecule has 0 amide bonds. The van der Waals surface area contributed by atoms with Crippen LogP contribution >= 0.6 is 0 Å². The highest BCUT2D eigenvalue weighted by molar-refractivity contribution is 5.25. The number of hydrogen-bond donors (Lipinski definition) is 1. The maximum Gasteiger partial charge on any atom is 0.217 e. The van der Waals surface area contributed by atoms with Crippen LogP contribution in [-0.2, 0) is 11.3 Å². The van der Waals surface area contributed by atoms with Crippen molar-refractivity contribution in [3.05, 3.63) is 35.5 Å². The van der Waals surface area contributed by atoms with Gasteiger partial charge in [-0.1, -0.05) is 6.07 Å². The predicted octanol–water partition coefficient (Wildman–Crippen LogP) is 1.48. The second-order valence-electron chi connectivity index (χ2n) is 5.49. The minimum atomic E-state index is 0.139. The first-order chi connectivity index (χ1) is 10.7. The van der Waals surface area contributed by atoms with Crippen molar-refractivity contribution in [2.45, 2.75) is 32.0 Å². The topological polar surface area (TPSA) is 76.2 Å². The zero-order chi connectivity index (χ0) is 15.5. The van der Waals surface area contributed by atoms with Gasteiger partial charge in [-0.2, -0.15) is 5.10 Å². The molecule has 7 nitrogen and oxygen atoms in total. The van der Waals surface area contributed by atoms with Crippen LogP contribution in [0.3, 0.4) is 0 Å². The fraction of sp³-hybridized carbons (Fsp3) is 0.533. The van der Waals surface area contributed by atoms with Gasteiger partial charge in [0, 0.05) is 32.0 Å². The van der Waals surface area contributed by atoms with E-state index in [2.05, 4.69) is 25.1 Å². The van der Waals surface area contributed by atoms with Gasteiger partial charge in [0.25, 0.3) is 0 Å². The zero-order valence-electron chi connectivity index (χ0n) is 13.1. The van der Waals surface area contributed by atoms with Crippen LogP contribution in [0.4, 0.5) is 0 Å². The highest BCUT2D eigenvalue weighted by atomic mass is 16.5. The number of methoxy groups -OCH3 is 2. The van der Waals surface area contributed by atoms with Crippen LogP contribution in [0.25, 0.3) is 0 Å². The largest absolute Gasteiger partial charge is 0.481 e. The van der Waals surface area contributed by atoms with E-state index in [9.17, 15) is 0 Å². The molecule has 1 saturated heterocycles. The number of hydrogen-bond acceptors (Lipinski definition) is 6. The lowest BCUT2D eigenvalue weighted by Crippen LogP contribution is -2.25. The van der Waals surface area contributed by atoms with E-state index in [0.29, 0.717) is 5.88 Å². The van der Waals surface area contributed by atoms with E-state index >= 15 is 0 Å². The standard InChI is InChI=1S/C15H21N5O2/c1-10-17-14(19-18-10)13-7-12(21-2)9-20(13)8-11-5-4-6-16-15(11)22-3/h4-6,12-13H,7-9H2,1-3H3,(H,17,18,19)/t12-,13+/m1/s1. The van der Waals surface area contributed by atoms with Crippen molar-refractivity contribution in [1.82, 2.24) is 25.1 Å². The molecule has 0 aromatic carbocycles. The summed E-state index contributed by atoms with van der Waals surface area (Å²) in [6.45, 7) is 3.48. The smallest absolute Gasteiger partial charge is 0.217 e. The minimum absolute atomic E-state index is 0.139. The molecule has 3 heterocycles. The number of H-pyrrole nitrogens is 1. The third-order valence-corrected chi connectivity index (χ3v) is 4.03. The average molecular weight is 303 g/mol. The molecule has 0 aliphatic carbocycles. The molecular weight excluding hydrogens is 282 g/mol. The summed E-state index contributed by atoms with van der Waals surface area (Å²) in [4.78, 5) is 11.1. The fourth-order valence-corrected chi connectivity index (χ4v) is 2.93. The van der Waals surface area contributed by atoms with E-state index in [4.69, 9.17) is 9.47 Å². The Kier molecular flexibility index (Phi) is 4.35. The number of pyridine rings is 1. The molecule has 2 aromatic heterocycles. The third-order valence-electron chi connectivity index (χ3n) is 4.03. The van der Waals surface area contributed by atoms with E-state index in [1.165, 1.54) is 0 Å². The lowest BCUT2D eigenvalue weighted by Gasteiger charge is -2.22. The summed E-state index contributed by atoms with van der Waals surface area (Å²) in [5.41, 5.74) is 1.05. The van der Waals surface area contributed by atoms with Gasteiger partial charge < -0.3 is 9.47 Å².